The zero-order valence-corrected chi connectivity index (χ0v) is 8.68. The van der Waals surface area contributed by atoms with Gasteiger partial charge in [-0.15, -0.1) is 0 Å². The highest BCUT2D eigenvalue weighted by atomic mass is 32.1. The van der Waals surface area contributed by atoms with E-state index in [2.05, 4.69) is 29.1 Å². The van der Waals surface area contributed by atoms with Crippen LogP contribution in [0.2, 0.25) is 0 Å². The van der Waals surface area contributed by atoms with Gasteiger partial charge in [0.1, 0.15) is 0 Å². The number of hydrogen-bond donors (Lipinski definition) is 2. The molecule has 0 aromatic carbocycles. The molecule has 1 aliphatic rings. The Bertz CT molecular complexity index is 252. The molecule has 1 unspecified atom stereocenters. The van der Waals surface area contributed by atoms with Crippen LogP contribution in [-0.2, 0) is 0 Å². The minimum absolute atomic E-state index is 0.437. The topological polar surface area (TPSA) is 38.0 Å². The second-order valence-electron chi connectivity index (χ2n) is 3.87. The van der Waals surface area contributed by atoms with Gasteiger partial charge in [0.2, 0.25) is 0 Å². The quantitative estimate of drug-likeness (QED) is 0.774. The first kappa shape index (κ1) is 9.19. The fourth-order valence-electron chi connectivity index (χ4n) is 1.77. The molecule has 0 aliphatic heterocycles. The average Bonchev–Trinajstić information content (AvgIpc) is 2.53. The summed E-state index contributed by atoms with van der Waals surface area (Å²) in [4.78, 5) is 0. The lowest BCUT2D eigenvalue weighted by Crippen LogP contribution is -2.48. The Hall–Kier alpha value is -0.380. The van der Waals surface area contributed by atoms with E-state index in [9.17, 15) is 0 Å². The zero-order valence-electron chi connectivity index (χ0n) is 7.86. The van der Waals surface area contributed by atoms with Crippen molar-refractivity contribution in [3.8, 4) is 0 Å². The Morgan fingerprint density at radius 2 is 2.38 bits per heavy atom. The summed E-state index contributed by atoms with van der Waals surface area (Å²) >= 11 is 1.76. The van der Waals surface area contributed by atoms with Crippen LogP contribution >= 0.6 is 11.3 Å². The molecule has 2 nitrogen and oxygen atoms in total. The zero-order chi connectivity index (χ0) is 9.26. The average molecular weight is 196 g/mol. The molecular formula is C10H16N2S. The van der Waals surface area contributed by atoms with Crippen LogP contribution in [0.1, 0.15) is 31.4 Å². The van der Waals surface area contributed by atoms with Crippen LogP contribution in [0.4, 0.5) is 0 Å². The number of rotatable bonds is 3. The van der Waals surface area contributed by atoms with E-state index >= 15 is 0 Å². The standard InChI is InChI=1S/C10H16N2S/c1-7(8-2-3-13-6-8)12-10-4-9(11)5-10/h2-3,6-7,9-10,12H,4-5,11H2,1H3. The molecule has 72 valence electrons. The Labute approximate surface area is 83.1 Å². The van der Waals surface area contributed by atoms with Crippen molar-refractivity contribution >= 4 is 11.3 Å². The Morgan fingerprint density at radius 3 is 2.92 bits per heavy atom. The van der Waals surface area contributed by atoms with E-state index in [4.69, 9.17) is 5.73 Å². The van der Waals surface area contributed by atoms with Crippen LogP contribution < -0.4 is 11.1 Å². The molecule has 1 aliphatic carbocycles. The van der Waals surface area contributed by atoms with Crippen molar-refractivity contribution in [1.29, 1.82) is 0 Å². The van der Waals surface area contributed by atoms with Gasteiger partial charge in [0.05, 0.1) is 0 Å². The molecule has 1 heterocycles. The summed E-state index contributed by atoms with van der Waals surface area (Å²) in [6.45, 7) is 2.21. The molecule has 0 bridgehead atoms. The smallest absolute Gasteiger partial charge is 0.0302 e. The van der Waals surface area contributed by atoms with E-state index in [-0.39, 0.29) is 0 Å². The summed E-state index contributed by atoms with van der Waals surface area (Å²) < 4.78 is 0. The van der Waals surface area contributed by atoms with Gasteiger partial charge >= 0.3 is 0 Å². The van der Waals surface area contributed by atoms with E-state index < -0.39 is 0 Å². The Balaban J connectivity index is 1.82. The van der Waals surface area contributed by atoms with Gasteiger partial charge in [-0.1, -0.05) is 0 Å². The SMILES string of the molecule is CC(NC1CC(N)C1)c1ccsc1. The predicted molar refractivity (Wildman–Crippen MR) is 56.9 cm³/mol. The third-order valence-electron chi connectivity index (χ3n) is 2.70. The summed E-state index contributed by atoms with van der Waals surface area (Å²) in [6.07, 6.45) is 2.27. The predicted octanol–water partition coefficient (Wildman–Crippen LogP) is 1.89. The fraction of sp³-hybridized carbons (Fsp3) is 0.600. The van der Waals surface area contributed by atoms with Crippen molar-refractivity contribution in [2.45, 2.75) is 37.9 Å². The van der Waals surface area contributed by atoms with E-state index in [1.54, 1.807) is 11.3 Å². The minimum atomic E-state index is 0.437. The van der Waals surface area contributed by atoms with Crippen molar-refractivity contribution in [2.24, 2.45) is 5.73 Å². The summed E-state index contributed by atoms with van der Waals surface area (Å²) in [5.74, 6) is 0. The lowest BCUT2D eigenvalue weighted by atomic mass is 9.87. The normalized spacial score (nSPS) is 29.7. The molecule has 0 amide bonds. The van der Waals surface area contributed by atoms with Crippen LogP contribution in [0.25, 0.3) is 0 Å². The van der Waals surface area contributed by atoms with Crippen molar-refractivity contribution in [3.63, 3.8) is 0 Å². The van der Waals surface area contributed by atoms with Gasteiger partial charge in [-0.05, 0) is 42.2 Å². The van der Waals surface area contributed by atoms with Gasteiger partial charge < -0.3 is 11.1 Å². The molecule has 1 atom stereocenters. The lowest BCUT2D eigenvalue weighted by molar-refractivity contribution is 0.272. The van der Waals surface area contributed by atoms with E-state index in [0.717, 1.165) is 12.8 Å². The molecule has 3 N–H and O–H groups in total. The molecule has 0 saturated heterocycles. The highest BCUT2D eigenvalue weighted by Gasteiger charge is 2.26. The van der Waals surface area contributed by atoms with Gasteiger partial charge in [-0.25, -0.2) is 0 Å². The number of hydrogen-bond acceptors (Lipinski definition) is 3. The monoisotopic (exact) mass is 196 g/mol. The van der Waals surface area contributed by atoms with Gasteiger partial charge in [0, 0.05) is 18.1 Å². The van der Waals surface area contributed by atoms with Crippen LogP contribution in [0.5, 0.6) is 0 Å². The second-order valence-corrected chi connectivity index (χ2v) is 4.65. The Morgan fingerprint density at radius 1 is 1.62 bits per heavy atom. The Kier molecular flexibility index (Phi) is 2.67. The molecule has 13 heavy (non-hydrogen) atoms. The summed E-state index contributed by atoms with van der Waals surface area (Å²) in [7, 11) is 0. The molecule has 1 saturated carbocycles. The van der Waals surface area contributed by atoms with E-state index in [1.165, 1.54) is 5.56 Å². The molecule has 0 spiro atoms. The third-order valence-corrected chi connectivity index (χ3v) is 3.40. The van der Waals surface area contributed by atoms with Gasteiger partial charge in [-0.3, -0.25) is 0 Å². The molecule has 3 heteroatoms. The minimum Gasteiger partial charge on any atom is -0.328 e. The maximum Gasteiger partial charge on any atom is 0.0302 e. The molecular weight excluding hydrogens is 180 g/mol. The largest absolute Gasteiger partial charge is 0.328 e. The maximum atomic E-state index is 5.73. The molecule has 2 rings (SSSR count). The second kappa shape index (κ2) is 3.78. The first-order valence-corrected chi connectivity index (χ1v) is 5.73. The van der Waals surface area contributed by atoms with Crippen LogP contribution in [0, 0.1) is 0 Å². The van der Waals surface area contributed by atoms with Crippen molar-refractivity contribution < 1.29 is 0 Å². The van der Waals surface area contributed by atoms with Gasteiger partial charge in [0.25, 0.3) is 0 Å². The van der Waals surface area contributed by atoms with Gasteiger partial charge in [-0.2, -0.15) is 11.3 Å². The fourth-order valence-corrected chi connectivity index (χ4v) is 2.52. The van der Waals surface area contributed by atoms with Crippen LogP contribution in [0.3, 0.4) is 0 Å². The molecule has 1 aromatic heterocycles. The van der Waals surface area contributed by atoms with E-state index in [1.807, 2.05) is 0 Å². The van der Waals surface area contributed by atoms with Crippen molar-refractivity contribution in [2.75, 3.05) is 0 Å². The van der Waals surface area contributed by atoms with E-state index in [0.29, 0.717) is 18.1 Å². The highest BCUT2D eigenvalue weighted by molar-refractivity contribution is 7.07. The first-order chi connectivity index (χ1) is 6.25. The molecule has 1 fully saturated rings. The number of nitrogens with one attached hydrogen (secondary N) is 1. The van der Waals surface area contributed by atoms with Crippen LogP contribution in [-0.4, -0.2) is 12.1 Å². The van der Waals surface area contributed by atoms with Crippen molar-refractivity contribution in [3.05, 3.63) is 22.4 Å². The summed E-state index contributed by atoms with van der Waals surface area (Å²) in [5.41, 5.74) is 7.12. The maximum absolute atomic E-state index is 5.73. The van der Waals surface area contributed by atoms with Crippen molar-refractivity contribution in [1.82, 2.24) is 5.32 Å². The summed E-state index contributed by atoms with van der Waals surface area (Å²) in [6, 6.07) is 3.74. The van der Waals surface area contributed by atoms with Gasteiger partial charge in [0.15, 0.2) is 0 Å². The molecule has 0 radical (unpaired) electrons. The van der Waals surface area contributed by atoms with Crippen LogP contribution in [0.15, 0.2) is 16.8 Å². The molecule has 1 aromatic rings. The summed E-state index contributed by atoms with van der Waals surface area (Å²) in [5, 5.41) is 7.91. The third kappa shape index (κ3) is 2.10. The number of thiophene rings is 1. The first-order valence-electron chi connectivity index (χ1n) is 4.79. The number of nitrogens with two attached hydrogens (primary N) is 1. The lowest BCUT2D eigenvalue weighted by Gasteiger charge is -2.35. The highest BCUT2D eigenvalue weighted by Crippen LogP contribution is 2.23.